The first kappa shape index (κ1) is 15.2. The highest BCUT2D eigenvalue weighted by Crippen LogP contribution is 2.34. The molecule has 1 heterocycles. The summed E-state index contributed by atoms with van der Waals surface area (Å²) < 4.78 is 16.3. The molecule has 0 spiro atoms. The number of hydrogen-bond donors (Lipinski definition) is 1. The highest BCUT2D eigenvalue weighted by Gasteiger charge is 2.20. The summed E-state index contributed by atoms with van der Waals surface area (Å²) in [5.41, 5.74) is 1.81. The Morgan fingerprint density at radius 3 is 2.65 bits per heavy atom. The van der Waals surface area contributed by atoms with E-state index in [1.165, 1.54) is 0 Å². The summed E-state index contributed by atoms with van der Waals surface area (Å²) in [7, 11) is 0. The molecule has 5 heteroatoms. The Bertz CT molecular complexity index is 697. The van der Waals surface area contributed by atoms with Crippen molar-refractivity contribution in [1.29, 1.82) is 0 Å². The molecular formula is C18H19NO4. The Morgan fingerprint density at radius 2 is 1.91 bits per heavy atom. The first-order chi connectivity index (χ1) is 11.2. The molecule has 0 bridgehead atoms. The van der Waals surface area contributed by atoms with Gasteiger partial charge in [0.2, 0.25) is 6.79 Å². The lowest BCUT2D eigenvalue weighted by atomic mass is 10.2. The second kappa shape index (κ2) is 6.60. The van der Waals surface area contributed by atoms with Crippen LogP contribution in [-0.2, 0) is 4.79 Å². The summed E-state index contributed by atoms with van der Waals surface area (Å²) in [5.74, 6) is 1.82. The Kier molecular flexibility index (Phi) is 4.37. The number of fused-ring (bicyclic) bond motifs is 1. The lowest BCUT2D eigenvalue weighted by molar-refractivity contribution is -0.122. The Morgan fingerprint density at radius 1 is 1.17 bits per heavy atom. The van der Waals surface area contributed by atoms with Gasteiger partial charge >= 0.3 is 0 Å². The zero-order valence-electron chi connectivity index (χ0n) is 13.2. The molecule has 2 aromatic rings. The van der Waals surface area contributed by atoms with Gasteiger partial charge in [0.25, 0.3) is 5.91 Å². The van der Waals surface area contributed by atoms with E-state index in [4.69, 9.17) is 14.2 Å². The van der Waals surface area contributed by atoms with E-state index >= 15 is 0 Å². The van der Waals surface area contributed by atoms with Crippen LogP contribution < -0.4 is 19.5 Å². The highest BCUT2D eigenvalue weighted by atomic mass is 16.7. The Balaban J connectivity index is 1.66. The number of aryl methyl sites for hydroxylation is 1. The van der Waals surface area contributed by atoms with E-state index in [2.05, 4.69) is 5.32 Å². The van der Waals surface area contributed by atoms with Crippen LogP contribution in [-0.4, -0.2) is 18.8 Å². The van der Waals surface area contributed by atoms with Crippen molar-refractivity contribution in [1.82, 2.24) is 0 Å². The zero-order chi connectivity index (χ0) is 16.2. The number of carbonyl (C=O) groups is 1. The van der Waals surface area contributed by atoms with Gasteiger partial charge in [-0.05, 0) is 37.6 Å². The average Bonchev–Trinajstić information content (AvgIpc) is 3.02. The van der Waals surface area contributed by atoms with Gasteiger partial charge in [-0.25, -0.2) is 0 Å². The lowest BCUT2D eigenvalue weighted by Crippen LogP contribution is -2.32. The van der Waals surface area contributed by atoms with Crippen LogP contribution in [0, 0.1) is 6.92 Å². The number of benzene rings is 2. The molecule has 1 aliphatic heterocycles. The summed E-state index contributed by atoms with van der Waals surface area (Å²) in [6.45, 7) is 4.13. The van der Waals surface area contributed by atoms with E-state index < -0.39 is 6.10 Å². The van der Waals surface area contributed by atoms with Crippen molar-refractivity contribution in [3.05, 3.63) is 48.0 Å². The number of nitrogens with one attached hydrogen (secondary N) is 1. The second-order valence-corrected chi connectivity index (χ2v) is 5.39. The molecule has 0 fully saturated rings. The monoisotopic (exact) mass is 313 g/mol. The van der Waals surface area contributed by atoms with Crippen molar-refractivity contribution in [2.45, 2.75) is 26.4 Å². The summed E-state index contributed by atoms with van der Waals surface area (Å²) >= 11 is 0. The van der Waals surface area contributed by atoms with E-state index in [1.807, 2.05) is 38.1 Å². The maximum absolute atomic E-state index is 12.4. The van der Waals surface area contributed by atoms with E-state index in [-0.39, 0.29) is 12.7 Å². The first-order valence-corrected chi connectivity index (χ1v) is 7.59. The van der Waals surface area contributed by atoms with Crippen molar-refractivity contribution < 1.29 is 19.0 Å². The molecule has 5 nitrogen and oxygen atoms in total. The topological polar surface area (TPSA) is 56.8 Å². The average molecular weight is 313 g/mol. The predicted octanol–water partition coefficient (Wildman–Crippen LogP) is 3.52. The van der Waals surface area contributed by atoms with Gasteiger partial charge in [-0.3, -0.25) is 4.79 Å². The second-order valence-electron chi connectivity index (χ2n) is 5.39. The first-order valence-electron chi connectivity index (χ1n) is 7.59. The molecule has 0 radical (unpaired) electrons. The van der Waals surface area contributed by atoms with Crippen molar-refractivity contribution in [3.8, 4) is 17.2 Å². The molecule has 120 valence electrons. The SMILES string of the molecule is CC[C@@H](Oc1ccc(C)cc1)C(=O)Nc1ccc2c(c1)OCO2. The number of carbonyl (C=O) groups excluding carboxylic acids is 1. The molecule has 0 saturated carbocycles. The van der Waals surface area contributed by atoms with Crippen molar-refractivity contribution in [3.63, 3.8) is 0 Å². The van der Waals surface area contributed by atoms with Crippen LogP contribution in [0.3, 0.4) is 0 Å². The van der Waals surface area contributed by atoms with Crippen molar-refractivity contribution in [2.24, 2.45) is 0 Å². The van der Waals surface area contributed by atoms with E-state index in [9.17, 15) is 4.79 Å². The molecule has 0 unspecified atom stereocenters. The van der Waals surface area contributed by atoms with E-state index in [1.54, 1.807) is 18.2 Å². The fraction of sp³-hybridized carbons (Fsp3) is 0.278. The third-order valence-electron chi connectivity index (χ3n) is 3.60. The summed E-state index contributed by atoms with van der Waals surface area (Å²) in [6, 6.07) is 13.0. The number of ether oxygens (including phenoxy) is 3. The standard InChI is InChI=1S/C18H19NO4/c1-3-15(23-14-7-4-12(2)5-8-14)18(20)19-13-6-9-16-17(10-13)22-11-21-16/h4-10,15H,3,11H2,1-2H3,(H,19,20)/t15-/m1/s1. The zero-order valence-corrected chi connectivity index (χ0v) is 13.2. The van der Waals surface area contributed by atoms with Crippen molar-refractivity contribution >= 4 is 11.6 Å². The maximum atomic E-state index is 12.4. The summed E-state index contributed by atoms with van der Waals surface area (Å²) in [4.78, 5) is 12.4. The highest BCUT2D eigenvalue weighted by molar-refractivity contribution is 5.94. The number of anilines is 1. The molecule has 1 aliphatic rings. The van der Waals surface area contributed by atoms with Gasteiger partial charge in [-0.2, -0.15) is 0 Å². The molecule has 2 aromatic carbocycles. The van der Waals surface area contributed by atoms with Crippen LogP contribution >= 0.6 is 0 Å². The normalized spacial score (nSPS) is 13.5. The molecule has 0 aromatic heterocycles. The largest absolute Gasteiger partial charge is 0.481 e. The molecular weight excluding hydrogens is 294 g/mol. The number of amides is 1. The van der Waals surface area contributed by atoms with E-state index in [0.717, 1.165) is 5.56 Å². The van der Waals surface area contributed by atoms with Crippen molar-refractivity contribution in [2.75, 3.05) is 12.1 Å². The van der Waals surface area contributed by atoms with E-state index in [0.29, 0.717) is 29.4 Å². The van der Waals surface area contributed by atoms with Gasteiger partial charge in [0, 0.05) is 11.8 Å². The Labute approximate surface area is 135 Å². The molecule has 1 amide bonds. The summed E-state index contributed by atoms with van der Waals surface area (Å²) in [6.07, 6.45) is 0.0210. The molecule has 1 N–H and O–H groups in total. The van der Waals surface area contributed by atoms with Gasteiger partial charge < -0.3 is 19.5 Å². The van der Waals surface area contributed by atoms with Crippen LogP contribution in [0.1, 0.15) is 18.9 Å². The van der Waals surface area contributed by atoms with Gasteiger partial charge in [0.1, 0.15) is 5.75 Å². The summed E-state index contributed by atoms with van der Waals surface area (Å²) in [5, 5.41) is 2.85. The maximum Gasteiger partial charge on any atom is 0.265 e. The smallest absolute Gasteiger partial charge is 0.265 e. The number of rotatable bonds is 5. The minimum absolute atomic E-state index is 0.188. The van der Waals surface area contributed by atoms with Crippen LogP contribution in [0.2, 0.25) is 0 Å². The third kappa shape index (κ3) is 3.56. The number of hydrogen-bond acceptors (Lipinski definition) is 4. The van der Waals surface area contributed by atoms with Crippen LogP contribution in [0.15, 0.2) is 42.5 Å². The van der Waals surface area contributed by atoms with Gasteiger partial charge in [0.05, 0.1) is 0 Å². The lowest BCUT2D eigenvalue weighted by Gasteiger charge is -2.17. The van der Waals surface area contributed by atoms with Gasteiger partial charge in [-0.1, -0.05) is 24.6 Å². The minimum Gasteiger partial charge on any atom is -0.481 e. The molecule has 0 aliphatic carbocycles. The fourth-order valence-electron chi connectivity index (χ4n) is 2.30. The molecule has 0 saturated heterocycles. The van der Waals surface area contributed by atoms with Crippen LogP contribution in [0.25, 0.3) is 0 Å². The molecule has 3 rings (SSSR count). The third-order valence-corrected chi connectivity index (χ3v) is 3.60. The van der Waals surface area contributed by atoms with Gasteiger partial charge in [-0.15, -0.1) is 0 Å². The van der Waals surface area contributed by atoms with Crippen LogP contribution in [0.4, 0.5) is 5.69 Å². The predicted molar refractivity (Wildman–Crippen MR) is 87.1 cm³/mol. The quantitative estimate of drug-likeness (QED) is 0.917. The van der Waals surface area contributed by atoms with Crippen LogP contribution in [0.5, 0.6) is 17.2 Å². The van der Waals surface area contributed by atoms with Gasteiger partial charge in [0.15, 0.2) is 17.6 Å². The Hall–Kier alpha value is -2.69. The fourth-order valence-corrected chi connectivity index (χ4v) is 2.30. The molecule has 23 heavy (non-hydrogen) atoms. The minimum atomic E-state index is -0.553. The molecule has 1 atom stereocenters.